The Kier molecular flexibility index (Phi) is 6.20. The Balaban J connectivity index is 1.59. The van der Waals surface area contributed by atoms with Gasteiger partial charge in [-0.25, -0.2) is 9.78 Å². The summed E-state index contributed by atoms with van der Waals surface area (Å²) in [5.74, 6) is 0.648. The standard InChI is InChI=1S/C16H27N3O2S/c1-16(2,3)21-15(20)19-9-5-13(6-10-19)12-17-7-4-14-18-8-11-22-14/h8,11,13,17H,4-7,9-10,12H2,1-3H3. The SMILES string of the molecule is CC(C)(C)OC(=O)N1CCC(CNCCc2nccs2)CC1. The number of carbonyl (C=O) groups is 1. The second-order valence-corrected chi connectivity index (χ2v) is 7.77. The molecule has 0 radical (unpaired) electrons. The summed E-state index contributed by atoms with van der Waals surface area (Å²) in [6, 6.07) is 0. The van der Waals surface area contributed by atoms with E-state index in [9.17, 15) is 4.79 Å². The molecule has 2 rings (SSSR count). The lowest BCUT2D eigenvalue weighted by atomic mass is 9.97. The van der Waals surface area contributed by atoms with Crippen molar-refractivity contribution in [1.82, 2.24) is 15.2 Å². The van der Waals surface area contributed by atoms with Crippen LogP contribution in [0.4, 0.5) is 4.79 Å². The Morgan fingerprint density at radius 2 is 2.18 bits per heavy atom. The third kappa shape index (κ3) is 5.93. The fourth-order valence-electron chi connectivity index (χ4n) is 2.52. The van der Waals surface area contributed by atoms with Crippen LogP contribution < -0.4 is 5.32 Å². The molecule has 124 valence electrons. The minimum Gasteiger partial charge on any atom is -0.444 e. The minimum atomic E-state index is -0.411. The number of nitrogens with zero attached hydrogens (tertiary/aromatic N) is 2. The van der Waals surface area contributed by atoms with E-state index in [0.717, 1.165) is 45.4 Å². The van der Waals surface area contributed by atoms with Crippen LogP contribution in [0.5, 0.6) is 0 Å². The van der Waals surface area contributed by atoms with Gasteiger partial charge in [-0.05, 0) is 46.1 Å². The van der Waals surface area contributed by atoms with Crippen LogP contribution in [-0.4, -0.2) is 47.8 Å². The van der Waals surface area contributed by atoms with Crippen LogP contribution in [0.3, 0.4) is 0 Å². The summed E-state index contributed by atoms with van der Waals surface area (Å²) in [6.07, 6.45) is 4.76. The third-order valence-corrected chi connectivity index (χ3v) is 4.54. The van der Waals surface area contributed by atoms with Crippen molar-refractivity contribution >= 4 is 17.4 Å². The quantitative estimate of drug-likeness (QED) is 0.846. The predicted molar refractivity (Wildman–Crippen MR) is 89.2 cm³/mol. The van der Waals surface area contributed by atoms with E-state index < -0.39 is 5.60 Å². The van der Waals surface area contributed by atoms with Crippen molar-refractivity contribution in [3.8, 4) is 0 Å². The lowest BCUT2D eigenvalue weighted by molar-refractivity contribution is 0.0184. The number of carbonyl (C=O) groups excluding carboxylic acids is 1. The number of hydrogen-bond donors (Lipinski definition) is 1. The highest BCUT2D eigenvalue weighted by Crippen LogP contribution is 2.19. The van der Waals surface area contributed by atoms with Gasteiger partial charge in [0.2, 0.25) is 0 Å². The monoisotopic (exact) mass is 325 g/mol. The van der Waals surface area contributed by atoms with Crippen molar-refractivity contribution in [3.05, 3.63) is 16.6 Å². The molecule has 0 aliphatic carbocycles. The zero-order valence-corrected chi connectivity index (χ0v) is 14.6. The molecule has 0 bridgehead atoms. The van der Waals surface area contributed by atoms with E-state index in [1.165, 1.54) is 5.01 Å². The molecule has 6 heteroatoms. The molecule has 1 aliphatic heterocycles. The van der Waals surface area contributed by atoms with Gasteiger partial charge in [-0.15, -0.1) is 11.3 Å². The number of aromatic nitrogens is 1. The molecule has 0 unspecified atom stereocenters. The maximum atomic E-state index is 12.0. The summed E-state index contributed by atoms with van der Waals surface area (Å²) in [4.78, 5) is 18.1. The van der Waals surface area contributed by atoms with Crippen LogP contribution in [0, 0.1) is 5.92 Å². The molecule has 0 aromatic carbocycles. The van der Waals surface area contributed by atoms with E-state index >= 15 is 0 Å². The van der Waals surface area contributed by atoms with Crippen molar-refractivity contribution in [3.63, 3.8) is 0 Å². The molecule has 0 spiro atoms. The average molecular weight is 325 g/mol. The van der Waals surface area contributed by atoms with Gasteiger partial charge in [0.1, 0.15) is 5.60 Å². The van der Waals surface area contributed by atoms with Crippen LogP contribution in [0.25, 0.3) is 0 Å². The molecular weight excluding hydrogens is 298 g/mol. The van der Waals surface area contributed by atoms with E-state index in [0.29, 0.717) is 5.92 Å². The molecule has 1 amide bonds. The molecule has 1 saturated heterocycles. The smallest absolute Gasteiger partial charge is 0.410 e. The summed E-state index contributed by atoms with van der Waals surface area (Å²) in [6.45, 7) is 9.31. The van der Waals surface area contributed by atoms with Crippen LogP contribution in [0.2, 0.25) is 0 Å². The molecule has 22 heavy (non-hydrogen) atoms. The summed E-state index contributed by atoms with van der Waals surface area (Å²) < 4.78 is 5.42. The molecule has 5 nitrogen and oxygen atoms in total. The second kappa shape index (κ2) is 7.92. The zero-order valence-electron chi connectivity index (χ0n) is 13.8. The van der Waals surface area contributed by atoms with Crippen LogP contribution >= 0.6 is 11.3 Å². The summed E-state index contributed by atoms with van der Waals surface area (Å²) >= 11 is 1.71. The Bertz CT molecular complexity index is 448. The fourth-order valence-corrected chi connectivity index (χ4v) is 3.14. The maximum Gasteiger partial charge on any atom is 0.410 e. The average Bonchev–Trinajstić information content (AvgIpc) is 2.95. The van der Waals surface area contributed by atoms with Crippen molar-refractivity contribution in [2.45, 2.75) is 45.6 Å². The van der Waals surface area contributed by atoms with Crippen molar-refractivity contribution in [2.24, 2.45) is 5.92 Å². The van der Waals surface area contributed by atoms with Crippen molar-refractivity contribution in [2.75, 3.05) is 26.2 Å². The molecule has 0 saturated carbocycles. The highest BCUT2D eigenvalue weighted by molar-refractivity contribution is 7.09. The van der Waals surface area contributed by atoms with Gasteiger partial charge >= 0.3 is 6.09 Å². The summed E-state index contributed by atoms with van der Waals surface area (Å²) in [5, 5.41) is 6.71. The molecule has 1 aliphatic rings. The number of hydrogen-bond acceptors (Lipinski definition) is 5. The molecule has 1 aromatic heterocycles. The van der Waals surface area contributed by atoms with Gasteiger partial charge in [0.05, 0.1) is 5.01 Å². The number of amides is 1. The van der Waals surface area contributed by atoms with Gasteiger partial charge in [-0.2, -0.15) is 0 Å². The Morgan fingerprint density at radius 3 is 2.77 bits per heavy atom. The van der Waals surface area contributed by atoms with Gasteiger partial charge in [0.15, 0.2) is 0 Å². The molecule has 1 fully saturated rings. The first-order valence-corrected chi connectivity index (χ1v) is 8.89. The Labute approximate surface area is 137 Å². The molecular formula is C16H27N3O2S. The number of thiazole rings is 1. The molecule has 0 atom stereocenters. The van der Waals surface area contributed by atoms with E-state index in [4.69, 9.17) is 4.74 Å². The summed E-state index contributed by atoms with van der Waals surface area (Å²) in [7, 11) is 0. The number of ether oxygens (including phenoxy) is 1. The van der Waals surface area contributed by atoms with Crippen molar-refractivity contribution in [1.29, 1.82) is 0 Å². The predicted octanol–water partition coefficient (Wildman–Crippen LogP) is 2.92. The zero-order chi connectivity index (χ0) is 16.0. The van der Waals surface area contributed by atoms with E-state index in [2.05, 4.69) is 10.3 Å². The summed E-state index contributed by atoms with van der Waals surface area (Å²) in [5.41, 5.74) is -0.411. The van der Waals surface area contributed by atoms with E-state index in [-0.39, 0.29) is 6.09 Å². The fraction of sp³-hybridized carbons (Fsp3) is 0.750. The van der Waals surface area contributed by atoms with Gasteiger partial charge in [0.25, 0.3) is 0 Å². The van der Waals surface area contributed by atoms with Gasteiger partial charge in [0, 0.05) is 37.6 Å². The number of nitrogens with one attached hydrogen (secondary N) is 1. The largest absolute Gasteiger partial charge is 0.444 e. The number of rotatable bonds is 5. The molecule has 1 N–H and O–H groups in total. The molecule has 1 aromatic rings. The van der Waals surface area contributed by atoms with Gasteiger partial charge in [-0.3, -0.25) is 0 Å². The first-order chi connectivity index (χ1) is 10.4. The highest BCUT2D eigenvalue weighted by Gasteiger charge is 2.26. The van der Waals surface area contributed by atoms with Crippen LogP contribution in [-0.2, 0) is 11.2 Å². The van der Waals surface area contributed by atoms with Crippen LogP contribution in [0.1, 0.15) is 38.6 Å². The third-order valence-electron chi connectivity index (χ3n) is 3.70. The first kappa shape index (κ1) is 17.2. The lowest BCUT2D eigenvalue weighted by Gasteiger charge is -2.33. The topological polar surface area (TPSA) is 54.5 Å². The Morgan fingerprint density at radius 1 is 1.45 bits per heavy atom. The minimum absolute atomic E-state index is 0.178. The maximum absolute atomic E-state index is 12.0. The normalized spacial score (nSPS) is 16.8. The van der Waals surface area contributed by atoms with Gasteiger partial charge in [-0.1, -0.05) is 0 Å². The van der Waals surface area contributed by atoms with E-state index in [1.54, 1.807) is 11.3 Å². The first-order valence-electron chi connectivity index (χ1n) is 8.01. The Hall–Kier alpha value is -1.14. The molecule has 2 heterocycles. The highest BCUT2D eigenvalue weighted by atomic mass is 32.1. The van der Waals surface area contributed by atoms with E-state index in [1.807, 2.05) is 37.2 Å². The van der Waals surface area contributed by atoms with Gasteiger partial charge < -0.3 is 15.0 Å². The van der Waals surface area contributed by atoms with Crippen LogP contribution in [0.15, 0.2) is 11.6 Å². The lowest BCUT2D eigenvalue weighted by Crippen LogP contribution is -2.43. The number of likely N-dealkylation sites (tertiary alicyclic amines) is 1. The van der Waals surface area contributed by atoms with Crippen molar-refractivity contribution < 1.29 is 9.53 Å². The number of piperidine rings is 1. The second-order valence-electron chi connectivity index (χ2n) is 6.79.